The minimum Gasteiger partial charge on any atom is -0.492 e. The van der Waals surface area contributed by atoms with Crippen LogP contribution in [0.1, 0.15) is 17.5 Å². The molecule has 3 rings (SSSR count). The van der Waals surface area contributed by atoms with Crippen LogP contribution < -0.4 is 9.64 Å². The standard InChI is InChI=1S/C18H23N5O2S/c1-5-25-13-7-6-8-14-15(13)20-18(26-14)23(12-11-21(2)3)17(24)16-19-9-10-22(16)4/h6-10H,5,11-12H2,1-4H3. The number of imidazole rings is 1. The van der Waals surface area contributed by atoms with Gasteiger partial charge in [0.05, 0.1) is 11.3 Å². The van der Waals surface area contributed by atoms with E-state index in [0.717, 1.165) is 22.5 Å². The zero-order chi connectivity index (χ0) is 18.7. The number of rotatable bonds is 7. The molecular weight excluding hydrogens is 350 g/mol. The van der Waals surface area contributed by atoms with Crippen LogP contribution in [0.2, 0.25) is 0 Å². The molecule has 0 spiro atoms. The van der Waals surface area contributed by atoms with E-state index in [1.165, 1.54) is 11.3 Å². The van der Waals surface area contributed by atoms with Crippen molar-refractivity contribution in [1.29, 1.82) is 0 Å². The molecule has 0 saturated heterocycles. The number of carbonyl (C=O) groups is 1. The second-order valence-electron chi connectivity index (χ2n) is 6.15. The molecule has 138 valence electrons. The van der Waals surface area contributed by atoms with Gasteiger partial charge in [0.15, 0.2) is 11.0 Å². The van der Waals surface area contributed by atoms with Crippen LogP contribution in [0.4, 0.5) is 5.13 Å². The summed E-state index contributed by atoms with van der Waals surface area (Å²) >= 11 is 1.49. The van der Waals surface area contributed by atoms with Crippen molar-refractivity contribution in [3.8, 4) is 5.75 Å². The highest BCUT2D eigenvalue weighted by molar-refractivity contribution is 7.22. The van der Waals surface area contributed by atoms with Gasteiger partial charge in [-0.1, -0.05) is 17.4 Å². The number of hydrogen-bond acceptors (Lipinski definition) is 6. The highest BCUT2D eigenvalue weighted by atomic mass is 32.1. The first-order chi connectivity index (χ1) is 12.5. The van der Waals surface area contributed by atoms with Crippen molar-refractivity contribution in [2.75, 3.05) is 38.7 Å². The van der Waals surface area contributed by atoms with Gasteiger partial charge in [0.25, 0.3) is 5.91 Å². The molecule has 0 N–H and O–H groups in total. The fourth-order valence-corrected chi connectivity index (χ4v) is 3.58. The summed E-state index contributed by atoms with van der Waals surface area (Å²) in [5.74, 6) is 0.980. The molecule has 0 aliphatic rings. The van der Waals surface area contributed by atoms with Crippen LogP contribution in [0.3, 0.4) is 0 Å². The minimum atomic E-state index is -0.156. The molecule has 0 atom stereocenters. The van der Waals surface area contributed by atoms with Crippen molar-refractivity contribution in [2.45, 2.75) is 6.92 Å². The summed E-state index contributed by atoms with van der Waals surface area (Å²) in [4.78, 5) is 25.7. The quantitative estimate of drug-likeness (QED) is 0.637. The number of fused-ring (bicyclic) bond motifs is 1. The van der Waals surface area contributed by atoms with Gasteiger partial charge in [-0.3, -0.25) is 9.69 Å². The van der Waals surface area contributed by atoms with Crippen molar-refractivity contribution in [3.05, 3.63) is 36.4 Å². The highest BCUT2D eigenvalue weighted by Crippen LogP contribution is 2.34. The number of carbonyl (C=O) groups excluding carboxylic acids is 1. The second kappa shape index (κ2) is 7.84. The Labute approximate surface area is 156 Å². The maximum atomic E-state index is 13.1. The van der Waals surface area contributed by atoms with Gasteiger partial charge in [-0.15, -0.1) is 0 Å². The normalized spacial score (nSPS) is 11.3. The number of hydrogen-bond donors (Lipinski definition) is 0. The number of nitrogens with zero attached hydrogens (tertiary/aromatic N) is 5. The van der Waals surface area contributed by atoms with Gasteiger partial charge in [-0.05, 0) is 33.2 Å². The Balaban J connectivity index is 2.01. The Morgan fingerprint density at radius 2 is 2.12 bits per heavy atom. The summed E-state index contributed by atoms with van der Waals surface area (Å²) in [5, 5.41) is 0.655. The Bertz CT molecular complexity index is 902. The average Bonchev–Trinajstić information content (AvgIpc) is 3.21. The van der Waals surface area contributed by atoms with Crippen molar-refractivity contribution in [2.24, 2.45) is 7.05 Å². The smallest absolute Gasteiger partial charge is 0.296 e. The monoisotopic (exact) mass is 373 g/mol. The van der Waals surface area contributed by atoms with E-state index in [2.05, 4.69) is 4.98 Å². The SMILES string of the molecule is CCOc1cccc2sc(N(CCN(C)C)C(=O)c3nccn3C)nc12. The highest BCUT2D eigenvalue weighted by Gasteiger charge is 2.24. The van der Waals surface area contributed by atoms with Gasteiger partial charge in [-0.2, -0.15) is 0 Å². The number of likely N-dealkylation sites (N-methyl/N-ethyl adjacent to an activating group) is 1. The zero-order valence-corrected chi connectivity index (χ0v) is 16.3. The molecule has 0 radical (unpaired) electrons. The molecule has 8 heteroatoms. The number of para-hydroxylation sites is 1. The number of thiazole rings is 1. The van der Waals surface area contributed by atoms with E-state index in [1.54, 1.807) is 21.9 Å². The fraction of sp³-hybridized carbons (Fsp3) is 0.389. The number of ether oxygens (including phenoxy) is 1. The summed E-state index contributed by atoms with van der Waals surface area (Å²) in [7, 11) is 5.78. The number of anilines is 1. The number of amides is 1. The molecular formula is C18H23N5O2S. The van der Waals surface area contributed by atoms with Gasteiger partial charge in [0, 0.05) is 32.5 Å². The molecule has 1 amide bonds. The summed E-state index contributed by atoms with van der Waals surface area (Å²) in [6, 6.07) is 5.84. The zero-order valence-electron chi connectivity index (χ0n) is 15.5. The van der Waals surface area contributed by atoms with E-state index >= 15 is 0 Å². The summed E-state index contributed by atoms with van der Waals surface area (Å²) in [6.45, 7) is 3.77. The van der Waals surface area contributed by atoms with Crippen molar-refractivity contribution in [1.82, 2.24) is 19.4 Å². The van der Waals surface area contributed by atoms with E-state index in [-0.39, 0.29) is 5.91 Å². The van der Waals surface area contributed by atoms with Crippen molar-refractivity contribution >= 4 is 32.6 Å². The van der Waals surface area contributed by atoms with Crippen LogP contribution in [0, 0.1) is 0 Å². The summed E-state index contributed by atoms with van der Waals surface area (Å²) in [5.41, 5.74) is 0.789. The van der Waals surface area contributed by atoms with Crippen molar-refractivity contribution < 1.29 is 9.53 Å². The lowest BCUT2D eigenvalue weighted by molar-refractivity contribution is 0.0972. The van der Waals surface area contributed by atoms with Crippen LogP contribution in [-0.4, -0.2) is 59.1 Å². The van der Waals surface area contributed by atoms with Gasteiger partial charge in [0.1, 0.15) is 11.3 Å². The molecule has 0 unspecified atom stereocenters. The number of benzene rings is 1. The van der Waals surface area contributed by atoms with E-state index in [1.807, 2.05) is 51.2 Å². The molecule has 0 aliphatic heterocycles. The van der Waals surface area contributed by atoms with Crippen LogP contribution >= 0.6 is 11.3 Å². The lowest BCUT2D eigenvalue weighted by Crippen LogP contribution is -2.38. The topological polar surface area (TPSA) is 63.5 Å². The molecule has 0 fully saturated rings. The predicted octanol–water partition coefficient (Wildman–Crippen LogP) is 2.64. The predicted molar refractivity (Wildman–Crippen MR) is 104 cm³/mol. The average molecular weight is 373 g/mol. The molecule has 0 aliphatic carbocycles. The third-order valence-electron chi connectivity index (χ3n) is 3.93. The lowest BCUT2D eigenvalue weighted by Gasteiger charge is -2.21. The van der Waals surface area contributed by atoms with E-state index < -0.39 is 0 Å². The maximum Gasteiger partial charge on any atom is 0.296 e. The lowest BCUT2D eigenvalue weighted by atomic mass is 10.3. The molecule has 1 aromatic carbocycles. The van der Waals surface area contributed by atoms with Gasteiger partial charge in [-0.25, -0.2) is 9.97 Å². The van der Waals surface area contributed by atoms with Gasteiger partial charge >= 0.3 is 0 Å². The van der Waals surface area contributed by atoms with Gasteiger partial charge in [0.2, 0.25) is 0 Å². The first-order valence-electron chi connectivity index (χ1n) is 8.47. The van der Waals surface area contributed by atoms with Crippen molar-refractivity contribution in [3.63, 3.8) is 0 Å². The Morgan fingerprint density at radius 3 is 2.77 bits per heavy atom. The molecule has 26 heavy (non-hydrogen) atoms. The van der Waals surface area contributed by atoms with Crippen LogP contribution in [0.5, 0.6) is 5.75 Å². The maximum absolute atomic E-state index is 13.1. The van der Waals surface area contributed by atoms with Crippen LogP contribution in [0.25, 0.3) is 10.2 Å². The molecule has 0 bridgehead atoms. The largest absolute Gasteiger partial charge is 0.492 e. The Kier molecular flexibility index (Phi) is 5.53. The summed E-state index contributed by atoms with van der Waals surface area (Å²) in [6.07, 6.45) is 3.39. The second-order valence-corrected chi connectivity index (χ2v) is 7.16. The molecule has 2 heterocycles. The molecule has 7 nitrogen and oxygen atoms in total. The third-order valence-corrected chi connectivity index (χ3v) is 4.97. The number of aryl methyl sites for hydroxylation is 1. The van der Waals surface area contributed by atoms with Crippen LogP contribution in [-0.2, 0) is 7.05 Å². The van der Waals surface area contributed by atoms with E-state index in [4.69, 9.17) is 9.72 Å². The third kappa shape index (κ3) is 3.71. The van der Waals surface area contributed by atoms with Crippen LogP contribution in [0.15, 0.2) is 30.6 Å². The molecule has 2 aromatic heterocycles. The first-order valence-corrected chi connectivity index (χ1v) is 9.29. The van der Waals surface area contributed by atoms with Gasteiger partial charge < -0.3 is 14.2 Å². The Hall–Kier alpha value is -2.45. The van der Waals surface area contributed by atoms with E-state index in [0.29, 0.717) is 24.1 Å². The summed E-state index contributed by atoms with van der Waals surface area (Å²) < 4.78 is 8.40. The molecule has 0 saturated carbocycles. The fourth-order valence-electron chi connectivity index (χ4n) is 2.58. The van der Waals surface area contributed by atoms with E-state index in [9.17, 15) is 4.79 Å². The minimum absolute atomic E-state index is 0.156. The first kappa shape index (κ1) is 18.3. The number of aromatic nitrogens is 3. The molecule has 3 aromatic rings. The Morgan fingerprint density at radius 1 is 1.31 bits per heavy atom.